The topological polar surface area (TPSA) is 115 Å². The summed E-state index contributed by atoms with van der Waals surface area (Å²) in [6.45, 7) is 0. The number of hydrogen-bond donors (Lipinski definition) is 2. The standard InChI is InChI=1S/C12H10FN3O4S/c13-11-7-9(3-6-12(11)16(17)18)15-21(19,20)10-4-1-8(14)2-5-10/h1-7,15H,14H2. The largest absolute Gasteiger partial charge is 0.399 e. The molecule has 7 nitrogen and oxygen atoms in total. The zero-order chi connectivity index (χ0) is 15.6. The summed E-state index contributed by atoms with van der Waals surface area (Å²) in [5, 5.41) is 10.5. The molecule has 110 valence electrons. The smallest absolute Gasteiger partial charge is 0.304 e. The van der Waals surface area contributed by atoms with Crippen molar-refractivity contribution in [3.8, 4) is 0 Å². The van der Waals surface area contributed by atoms with E-state index in [2.05, 4.69) is 4.72 Å². The highest BCUT2D eigenvalue weighted by molar-refractivity contribution is 7.92. The summed E-state index contributed by atoms with van der Waals surface area (Å²) in [6.07, 6.45) is 0. The third-order valence-electron chi connectivity index (χ3n) is 2.59. The van der Waals surface area contributed by atoms with Crippen LogP contribution in [0.1, 0.15) is 0 Å². The van der Waals surface area contributed by atoms with Crippen LogP contribution in [0.25, 0.3) is 0 Å². The zero-order valence-corrected chi connectivity index (χ0v) is 11.3. The minimum Gasteiger partial charge on any atom is -0.399 e. The maximum atomic E-state index is 13.4. The van der Waals surface area contributed by atoms with Crippen LogP contribution in [0, 0.1) is 15.9 Å². The van der Waals surface area contributed by atoms with Crippen LogP contribution >= 0.6 is 0 Å². The average molecular weight is 311 g/mol. The number of hydrogen-bond acceptors (Lipinski definition) is 5. The van der Waals surface area contributed by atoms with Gasteiger partial charge in [-0.1, -0.05) is 0 Å². The van der Waals surface area contributed by atoms with Gasteiger partial charge in [-0.15, -0.1) is 0 Å². The van der Waals surface area contributed by atoms with Crippen LogP contribution in [0.3, 0.4) is 0 Å². The van der Waals surface area contributed by atoms with Crippen molar-refractivity contribution in [1.82, 2.24) is 0 Å². The molecule has 0 atom stereocenters. The molecule has 0 aliphatic carbocycles. The number of nitro benzene ring substituents is 1. The summed E-state index contributed by atoms with van der Waals surface area (Å²) >= 11 is 0. The van der Waals surface area contributed by atoms with Crippen molar-refractivity contribution in [3.63, 3.8) is 0 Å². The minimum absolute atomic E-state index is 0.0598. The molecule has 2 aromatic carbocycles. The summed E-state index contributed by atoms with van der Waals surface area (Å²) in [5.41, 5.74) is 5.01. The number of benzene rings is 2. The van der Waals surface area contributed by atoms with Crippen LogP contribution in [-0.2, 0) is 10.0 Å². The van der Waals surface area contributed by atoms with Crippen molar-refractivity contribution in [2.24, 2.45) is 0 Å². The molecule has 0 unspecified atom stereocenters. The SMILES string of the molecule is Nc1ccc(S(=O)(=O)Nc2ccc([N+](=O)[O-])c(F)c2)cc1. The van der Waals surface area contributed by atoms with Crippen LogP contribution < -0.4 is 10.5 Å². The van der Waals surface area contributed by atoms with Gasteiger partial charge in [-0.25, -0.2) is 8.42 Å². The normalized spacial score (nSPS) is 11.1. The summed E-state index contributed by atoms with van der Waals surface area (Å²) in [6, 6.07) is 8.13. The minimum atomic E-state index is -3.92. The lowest BCUT2D eigenvalue weighted by Gasteiger charge is -2.08. The predicted octanol–water partition coefficient (Wildman–Crippen LogP) is 2.12. The molecule has 9 heteroatoms. The fraction of sp³-hybridized carbons (Fsp3) is 0. The number of nitrogens with one attached hydrogen (secondary N) is 1. The van der Waals surface area contributed by atoms with E-state index in [1.165, 1.54) is 24.3 Å². The molecule has 2 rings (SSSR count). The van der Waals surface area contributed by atoms with E-state index in [1.807, 2.05) is 0 Å². The lowest BCUT2D eigenvalue weighted by Crippen LogP contribution is -2.13. The van der Waals surface area contributed by atoms with Crippen molar-refractivity contribution < 1.29 is 17.7 Å². The molecule has 2 aromatic rings. The van der Waals surface area contributed by atoms with E-state index in [0.29, 0.717) is 5.69 Å². The molecule has 0 amide bonds. The van der Waals surface area contributed by atoms with Gasteiger partial charge in [0.25, 0.3) is 10.0 Å². The number of nitrogens with zero attached hydrogens (tertiary/aromatic N) is 1. The maximum absolute atomic E-state index is 13.4. The number of halogens is 1. The van der Waals surface area contributed by atoms with Crippen LogP contribution in [0.2, 0.25) is 0 Å². The fourth-order valence-corrected chi connectivity index (χ4v) is 2.63. The van der Waals surface area contributed by atoms with E-state index in [1.54, 1.807) is 0 Å². The monoisotopic (exact) mass is 311 g/mol. The van der Waals surface area contributed by atoms with Crippen molar-refractivity contribution in [3.05, 3.63) is 58.4 Å². The summed E-state index contributed by atoms with van der Waals surface area (Å²) in [4.78, 5) is 9.53. The Balaban J connectivity index is 2.31. The van der Waals surface area contributed by atoms with Crippen molar-refractivity contribution in [2.75, 3.05) is 10.5 Å². The second kappa shape index (κ2) is 5.37. The van der Waals surface area contributed by atoms with Crippen molar-refractivity contribution in [1.29, 1.82) is 0 Å². The third-order valence-corrected chi connectivity index (χ3v) is 3.98. The van der Waals surface area contributed by atoms with E-state index >= 15 is 0 Å². The van der Waals surface area contributed by atoms with Gasteiger partial charge in [-0.05, 0) is 30.3 Å². The van der Waals surface area contributed by atoms with Gasteiger partial charge in [-0.2, -0.15) is 4.39 Å². The molecule has 0 bridgehead atoms. The molecule has 3 N–H and O–H groups in total. The Labute approximate surface area is 119 Å². The Morgan fingerprint density at radius 1 is 1.14 bits per heavy atom. The summed E-state index contributed by atoms with van der Waals surface area (Å²) in [7, 11) is -3.92. The molecular formula is C12H10FN3O4S. The van der Waals surface area contributed by atoms with Gasteiger partial charge in [0, 0.05) is 17.8 Å². The van der Waals surface area contributed by atoms with Gasteiger partial charge >= 0.3 is 5.69 Å². The van der Waals surface area contributed by atoms with E-state index < -0.39 is 26.5 Å². The molecule has 0 radical (unpaired) electrons. The highest BCUT2D eigenvalue weighted by Crippen LogP contribution is 2.23. The summed E-state index contributed by atoms with van der Waals surface area (Å²) in [5.74, 6) is -1.13. The quantitative estimate of drug-likeness (QED) is 0.510. The van der Waals surface area contributed by atoms with Crippen molar-refractivity contribution in [2.45, 2.75) is 4.90 Å². The highest BCUT2D eigenvalue weighted by Gasteiger charge is 2.18. The maximum Gasteiger partial charge on any atom is 0.304 e. The Bertz CT molecular complexity index is 791. The first-order valence-electron chi connectivity index (χ1n) is 5.62. The molecule has 0 saturated carbocycles. The van der Waals surface area contributed by atoms with Crippen LogP contribution in [-0.4, -0.2) is 13.3 Å². The van der Waals surface area contributed by atoms with Crippen LogP contribution in [0.4, 0.5) is 21.5 Å². The number of anilines is 2. The van der Waals surface area contributed by atoms with Gasteiger partial charge in [-0.3, -0.25) is 14.8 Å². The second-order valence-electron chi connectivity index (χ2n) is 4.10. The molecule has 0 heterocycles. The van der Waals surface area contributed by atoms with E-state index in [0.717, 1.165) is 18.2 Å². The lowest BCUT2D eigenvalue weighted by molar-refractivity contribution is -0.387. The van der Waals surface area contributed by atoms with Crippen LogP contribution in [0.5, 0.6) is 0 Å². The Kier molecular flexibility index (Phi) is 3.76. The van der Waals surface area contributed by atoms with Crippen molar-refractivity contribution >= 4 is 27.1 Å². The average Bonchev–Trinajstić information content (AvgIpc) is 2.38. The molecule has 21 heavy (non-hydrogen) atoms. The molecular weight excluding hydrogens is 301 g/mol. The number of rotatable bonds is 4. The highest BCUT2D eigenvalue weighted by atomic mass is 32.2. The van der Waals surface area contributed by atoms with Gasteiger partial charge in [0.15, 0.2) is 0 Å². The number of nitrogens with two attached hydrogens (primary N) is 1. The van der Waals surface area contributed by atoms with Gasteiger partial charge in [0.05, 0.1) is 15.5 Å². The zero-order valence-electron chi connectivity index (χ0n) is 10.5. The fourth-order valence-electron chi connectivity index (χ4n) is 1.58. The number of nitrogen functional groups attached to an aromatic ring is 1. The first-order valence-corrected chi connectivity index (χ1v) is 7.10. The third kappa shape index (κ3) is 3.26. The van der Waals surface area contributed by atoms with E-state index in [9.17, 15) is 22.9 Å². The first-order chi connectivity index (χ1) is 9.79. The molecule has 0 aliphatic rings. The second-order valence-corrected chi connectivity index (χ2v) is 5.78. The number of nitro groups is 1. The Morgan fingerprint density at radius 3 is 2.29 bits per heavy atom. The van der Waals surface area contributed by atoms with Crippen LogP contribution in [0.15, 0.2) is 47.4 Å². The first kappa shape index (κ1) is 14.7. The van der Waals surface area contributed by atoms with Gasteiger partial charge < -0.3 is 5.73 Å². The molecule has 0 spiro atoms. The lowest BCUT2D eigenvalue weighted by atomic mass is 10.3. The molecule has 0 fully saturated rings. The summed E-state index contributed by atoms with van der Waals surface area (Å²) < 4.78 is 39.6. The van der Waals surface area contributed by atoms with Gasteiger partial charge in [0.1, 0.15) is 0 Å². The Hall–Kier alpha value is -2.68. The predicted molar refractivity (Wildman–Crippen MR) is 74.7 cm³/mol. The van der Waals surface area contributed by atoms with Gasteiger partial charge in [0.2, 0.25) is 5.82 Å². The van der Waals surface area contributed by atoms with E-state index in [-0.39, 0.29) is 10.6 Å². The molecule has 0 aliphatic heterocycles. The molecule has 0 saturated heterocycles. The van der Waals surface area contributed by atoms with E-state index in [4.69, 9.17) is 5.73 Å². The Morgan fingerprint density at radius 2 is 1.76 bits per heavy atom. The molecule has 0 aromatic heterocycles. The number of sulfonamides is 1.